The van der Waals surface area contributed by atoms with Gasteiger partial charge in [0.1, 0.15) is 0 Å². The fraction of sp³-hybridized carbons (Fsp3) is 0.100. The van der Waals surface area contributed by atoms with Crippen LogP contribution in [0.4, 0.5) is 0 Å². The number of aldehydes is 1. The molecule has 0 amide bonds. The molecule has 1 N–H and O–H groups in total. The van der Waals surface area contributed by atoms with Gasteiger partial charge in [-0.25, -0.2) is 0 Å². The third-order valence-electron chi connectivity index (χ3n) is 1.54. The normalized spacial score (nSPS) is 10.9. The summed E-state index contributed by atoms with van der Waals surface area (Å²) >= 11 is 0. The molecular formula is C10H11NO. The van der Waals surface area contributed by atoms with Gasteiger partial charge >= 0.3 is 0 Å². The number of benzene rings is 1. The third-order valence-corrected chi connectivity index (χ3v) is 1.54. The van der Waals surface area contributed by atoms with Crippen LogP contribution in [0.2, 0.25) is 0 Å². The van der Waals surface area contributed by atoms with Crippen molar-refractivity contribution < 1.29 is 4.79 Å². The number of nitrogens with one attached hydrogen (secondary N) is 1. The number of carbonyl (C=O) groups is 1. The number of allylic oxidation sites excluding steroid dienone is 1. The second-order valence-corrected chi connectivity index (χ2v) is 2.38. The van der Waals surface area contributed by atoms with E-state index in [1.807, 2.05) is 30.3 Å². The SMILES string of the molecule is CNC(C=O)=Cc1ccccc1. The molecule has 2 heteroatoms. The zero-order chi connectivity index (χ0) is 8.81. The maximum Gasteiger partial charge on any atom is 0.165 e. The van der Waals surface area contributed by atoms with Crippen molar-refractivity contribution in [3.8, 4) is 0 Å². The second-order valence-electron chi connectivity index (χ2n) is 2.38. The predicted molar refractivity (Wildman–Crippen MR) is 49.5 cm³/mol. The van der Waals surface area contributed by atoms with Crippen LogP contribution in [-0.4, -0.2) is 13.3 Å². The third kappa shape index (κ3) is 2.23. The number of rotatable bonds is 3. The van der Waals surface area contributed by atoms with Crippen LogP contribution in [0.25, 0.3) is 6.08 Å². The molecule has 0 aliphatic carbocycles. The zero-order valence-electron chi connectivity index (χ0n) is 6.95. The number of likely N-dealkylation sites (N-methyl/N-ethyl adjacent to an activating group) is 1. The van der Waals surface area contributed by atoms with Crippen LogP contribution in [-0.2, 0) is 4.79 Å². The second kappa shape index (κ2) is 4.34. The lowest BCUT2D eigenvalue weighted by molar-refractivity contribution is -0.105. The summed E-state index contributed by atoms with van der Waals surface area (Å²) in [5.74, 6) is 0. The Kier molecular flexibility index (Phi) is 3.08. The number of carbonyl (C=O) groups excluding carboxylic acids is 1. The van der Waals surface area contributed by atoms with Crippen LogP contribution >= 0.6 is 0 Å². The van der Waals surface area contributed by atoms with E-state index >= 15 is 0 Å². The lowest BCUT2D eigenvalue weighted by Gasteiger charge is -1.96. The van der Waals surface area contributed by atoms with E-state index in [1.54, 1.807) is 13.1 Å². The first-order valence-corrected chi connectivity index (χ1v) is 3.76. The summed E-state index contributed by atoms with van der Waals surface area (Å²) in [7, 11) is 1.73. The molecule has 1 aromatic carbocycles. The quantitative estimate of drug-likeness (QED) is 0.537. The first-order chi connectivity index (χ1) is 5.86. The summed E-state index contributed by atoms with van der Waals surface area (Å²) < 4.78 is 0. The summed E-state index contributed by atoms with van der Waals surface area (Å²) in [6, 6.07) is 9.70. The van der Waals surface area contributed by atoms with E-state index in [4.69, 9.17) is 0 Å². The molecule has 1 rings (SSSR count). The van der Waals surface area contributed by atoms with Gasteiger partial charge in [-0.15, -0.1) is 0 Å². The summed E-state index contributed by atoms with van der Waals surface area (Å²) in [5, 5.41) is 2.79. The van der Waals surface area contributed by atoms with Gasteiger partial charge in [0.25, 0.3) is 0 Å². The Labute approximate surface area is 71.9 Å². The van der Waals surface area contributed by atoms with Crippen molar-refractivity contribution in [3.63, 3.8) is 0 Å². The van der Waals surface area contributed by atoms with E-state index in [0.717, 1.165) is 11.8 Å². The van der Waals surface area contributed by atoms with E-state index in [2.05, 4.69) is 5.32 Å². The fourth-order valence-electron chi connectivity index (χ4n) is 0.894. The Morgan fingerprint density at radius 2 is 2.00 bits per heavy atom. The summed E-state index contributed by atoms with van der Waals surface area (Å²) in [6.07, 6.45) is 2.60. The molecule has 0 aliphatic heterocycles. The van der Waals surface area contributed by atoms with Crippen LogP contribution in [0.1, 0.15) is 5.56 Å². The monoisotopic (exact) mass is 161 g/mol. The molecule has 2 nitrogen and oxygen atoms in total. The van der Waals surface area contributed by atoms with Crippen molar-refractivity contribution in [2.75, 3.05) is 7.05 Å². The van der Waals surface area contributed by atoms with E-state index in [9.17, 15) is 4.79 Å². The molecule has 0 aromatic heterocycles. The molecule has 0 radical (unpaired) electrons. The topological polar surface area (TPSA) is 29.1 Å². The van der Waals surface area contributed by atoms with Crippen LogP contribution in [0, 0.1) is 0 Å². The van der Waals surface area contributed by atoms with Gasteiger partial charge in [0.05, 0.1) is 5.70 Å². The zero-order valence-corrected chi connectivity index (χ0v) is 6.95. The highest BCUT2D eigenvalue weighted by Crippen LogP contribution is 2.02. The van der Waals surface area contributed by atoms with Gasteiger partial charge in [0.15, 0.2) is 6.29 Å². The van der Waals surface area contributed by atoms with Crippen LogP contribution in [0.3, 0.4) is 0 Å². The van der Waals surface area contributed by atoms with Crippen LogP contribution in [0.15, 0.2) is 36.0 Å². The average Bonchev–Trinajstić information content (AvgIpc) is 2.16. The highest BCUT2D eigenvalue weighted by atomic mass is 16.1. The van der Waals surface area contributed by atoms with Crippen LogP contribution < -0.4 is 5.32 Å². The van der Waals surface area contributed by atoms with Crippen LogP contribution in [0.5, 0.6) is 0 Å². The van der Waals surface area contributed by atoms with Gasteiger partial charge < -0.3 is 5.32 Å². The van der Waals surface area contributed by atoms with Crippen molar-refractivity contribution in [2.24, 2.45) is 0 Å². The largest absolute Gasteiger partial charge is 0.385 e. The molecule has 0 spiro atoms. The molecule has 0 saturated heterocycles. The van der Waals surface area contributed by atoms with Crippen molar-refractivity contribution in [3.05, 3.63) is 41.6 Å². The Hall–Kier alpha value is -1.57. The minimum absolute atomic E-state index is 0.584. The molecule has 0 bridgehead atoms. The van der Waals surface area contributed by atoms with E-state index in [-0.39, 0.29) is 0 Å². The van der Waals surface area contributed by atoms with E-state index < -0.39 is 0 Å². The molecule has 0 atom stereocenters. The highest BCUT2D eigenvalue weighted by Gasteiger charge is 1.89. The molecule has 0 aliphatic rings. The lowest BCUT2D eigenvalue weighted by Crippen LogP contribution is -2.05. The lowest BCUT2D eigenvalue weighted by atomic mass is 10.2. The minimum atomic E-state index is 0.584. The Morgan fingerprint density at radius 1 is 1.33 bits per heavy atom. The number of hydrogen-bond donors (Lipinski definition) is 1. The molecule has 0 saturated carbocycles. The molecule has 1 aromatic rings. The predicted octanol–water partition coefficient (Wildman–Crippen LogP) is 1.45. The Morgan fingerprint density at radius 3 is 2.50 bits per heavy atom. The summed E-state index contributed by atoms with van der Waals surface area (Å²) in [6.45, 7) is 0. The summed E-state index contributed by atoms with van der Waals surface area (Å²) in [5.41, 5.74) is 1.61. The standard InChI is InChI=1S/C10H11NO/c1-11-10(8-12)7-9-5-3-2-4-6-9/h2-8,11H,1H3. The molecule has 62 valence electrons. The minimum Gasteiger partial charge on any atom is -0.385 e. The number of hydrogen-bond acceptors (Lipinski definition) is 2. The van der Waals surface area contributed by atoms with Crippen molar-refractivity contribution in [1.82, 2.24) is 5.32 Å². The Balaban J connectivity index is 2.86. The Bertz CT molecular complexity index is 277. The molecular weight excluding hydrogens is 150 g/mol. The molecule has 0 fully saturated rings. The first kappa shape index (κ1) is 8.53. The maximum absolute atomic E-state index is 10.4. The van der Waals surface area contributed by atoms with Gasteiger partial charge in [-0.05, 0) is 11.6 Å². The average molecular weight is 161 g/mol. The molecule has 0 unspecified atom stereocenters. The van der Waals surface area contributed by atoms with E-state index in [0.29, 0.717) is 5.70 Å². The van der Waals surface area contributed by atoms with Crippen molar-refractivity contribution in [2.45, 2.75) is 0 Å². The summed E-state index contributed by atoms with van der Waals surface area (Å²) in [4.78, 5) is 10.4. The maximum atomic E-state index is 10.4. The van der Waals surface area contributed by atoms with Gasteiger partial charge in [-0.2, -0.15) is 0 Å². The van der Waals surface area contributed by atoms with Gasteiger partial charge in [-0.3, -0.25) is 4.79 Å². The van der Waals surface area contributed by atoms with Crippen molar-refractivity contribution in [1.29, 1.82) is 0 Å². The van der Waals surface area contributed by atoms with Crippen molar-refractivity contribution >= 4 is 12.4 Å². The fourth-order valence-corrected chi connectivity index (χ4v) is 0.894. The van der Waals surface area contributed by atoms with E-state index in [1.165, 1.54) is 0 Å². The van der Waals surface area contributed by atoms with Gasteiger partial charge in [-0.1, -0.05) is 30.3 Å². The molecule has 0 heterocycles. The molecule has 12 heavy (non-hydrogen) atoms. The smallest absolute Gasteiger partial charge is 0.165 e. The van der Waals surface area contributed by atoms with Gasteiger partial charge in [0, 0.05) is 7.05 Å². The van der Waals surface area contributed by atoms with Gasteiger partial charge in [0.2, 0.25) is 0 Å². The first-order valence-electron chi connectivity index (χ1n) is 3.76. The highest BCUT2D eigenvalue weighted by molar-refractivity contribution is 5.80.